The Labute approximate surface area is 81.9 Å². The lowest BCUT2D eigenvalue weighted by atomic mass is 10.2. The SMILES string of the molecule is CCc1c(S)ccc(Cl)c1Cl. The van der Waals surface area contributed by atoms with Crippen molar-refractivity contribution in [3.63, 3.8) is 0 Å². The van der Waals surface area contributed by atoms with Crippen molar-refractivity contribution in [1.82, 2.24) is 0 Å². The summed E-state index contributed by atoms with van der Waals surface area (Å²) in [5.74, 6) is 0. The molecular formula is C8H8Cl2S. The third-order valence-electron chi connectivity index (χ3n) is 1.52. The Balaban J connectivity index is 3.29. The van der Waals surface area contributed by atoms with Gasteiger partial charge >= 0.3 is 0 Å². The highest BCUT2D eigenvalue weighted by Gasteiger charge is 2.05. The number of hydrogen-bond acceptors (Lipinski definition) is 1. The van der Waals surface area contributed by atoms with Crippen LogP contribution < -0.4 is 0 Å². The average molecular weight is 207 g/mol. The Morgan fingerprint density at radius 2 is 2.00 bits per heavy atom. The minimum Gasteiger partial charge on any atom is -0.143 e. The molecule has 0 aliphatic heterocycles. The van der Waals surface area contributed by atoms with Gasteiger partial charge in [0.05, 0.1) is 10.0 Å². The summed E-state index contributed by atoms with van der Waals surface area (Å²) in [6, 6.07) is 3.61. The quantitative estimate of drug-likeness (QED) is 0.664. The van der Waals surface area contributed by atoms with Gasteiger partial charge in [0, 0.05) is 4.90 Å². The maximum Gasteiger partial charge on any atom is 0.0635 e. The summed E-state index contributed by atoms with van der Waals surface area (Å²) >= 11 is 16.0. The summed E-state index contributed by atoms with van der Waals surface area (Å²) in [7, 11) is 0. The van der Waals surface area contributed by atoms with Crippen LogP contribution in [0.5, 0.6) is 0 Å². The third-order valence-corrected chi connectivity index (χ3v) is 2.79. The second-order valence-corrected chi connectivity index (χ2v) is 3.48. The van der Waals surface area contributed by atoms with Crippen LogP contribution in [0, 0.1) is 0 Å². The van der Waals surface area contributed by atoms with E-state index in [1.807, 2.05) is 13.0 Å². The topological polar surface area (TPSA) is 0 Å². The fraction of sp³-hybridized carbons (Fsp3) is 0.250. The summed E-state index contributed by atoms with van der Waals surface area (Å²) in [4.78, 5) is 0.905. The maximum absolute atomic E-state index is 5.92. The zero-order chi connectivity index (χ0) is 8.43. The normalized spacial score (nSPS) is 10.2. The van der Waals surface area contributed by atoms with Crippen molar-refractivity contribution in [2.45, 2.75) is 18.2 Å². The van der Waals surface area contributed by atoms with Gasteiger partial charge < -0.3 is 0 Å². The fourth-order valence-corrected chi connectivity index (χ4v) is 1.80. The molecule has 0 nitrogen and oxygen atoms in total. The monoisotopic (exact) mass is 206 g/mol. The lowest BCUT2D eigenvalue weighted by molar-refractivity contribution is 1.09. The van der Waals surface area contributed by atoms with Crippen LogP contribution in [0.1, 0.15) is 12.5 Å². The molecule has 0 bridgehead atoms. The van der Waals surface area contributed by atoms with Crippen LogP contribution in [0.3, 0.4) is 0 Å². The molecule has 0 amide bonds. The van der Waals surface area contributed by atoms with E-state index in [-0.39, 0.29) is 0 Å². The van der Waals surface area contributed by atoms with E-state index in [9.17, 15) is 0 Å². The van der Waals surface area contributed by atoms with Crippen LogP contribution in [0.15, 0.2) is 17.0 Å². The Kier molecular flexibility index (Phi) is 3.11. The van der Waals surface area contributed by atoms with Gasteiger partial charge in [-0.05, 0) is 24.1 Å². The number of halogens is 2. The molecule has 0 N–H and O–H groups in total. The molecule has 3 heteroatoms. The first-order valence-electron chi connectivity index (χ1n) is 3.32. The summed E-state index contributed by atoms with van der Waals surface area (Å²) in [6.07, 6.45) is 0.859. The minimum absolute atomic E-state index is 0.598. The van der Waals surface area contributed by atoms with E-state index in [4.69, 9.17) is 23.2 Å². The summed E-state index contributed by atoms with van der Waals surface area (Å²) in [6.45, 7) is 2.03. The van der Waals surface area contributed by atoms with Crippen molar-refractivity contribution in [2.75, 3.05) is 0 Å². The van der Waals surface area contributed by atoms with Gasteiger partial charge in [-0.3, -0.25) is 0 Å². The lowest BCUT2D eigenvalue weighted by Gasteiger charge is -2.05. The predicted octanol–water partition coefficient (Wildman–Crippen LogP) is 3.84. The summed E-state index contributed by atoms with van der Waals surface area (Å²) in [5.41, 5.74) is 1.02. The van der Waals surface area contributed by atoms with Gasteiger partial charge in [-0.2, -0.15) is 0 Å². The smallest absolute Gasteiger partial charge is 0.0635 e. The minimum atomic E-state index is 0.598. The van der Waals surface area contributed by atoms with Gasteiger partial charge in [0.25, 0.3) is 0 Å². The molecule has 1 aromatic rings. The molecule has 0 heterocycles. The van der Waals surface area contributed by atoms with E-state index < -0.39 is 0 Å². The van der Waals surface area contributed by atoms with E-state index in [1.54, 1.807) is 6.07 Å². The van der Waals surface area contributed by atoms with Crippen LogP contribution in [-0.2, 0) is 6.42 Å². The molecule has 0 fully saturated rings. The zero-order valence-corrected chi connectivity index (χ0v) is 8.47. The van der Waals surface area contributed by atoms with Crippen LogP contribution in [-0.4, -0.2) is 0 Å². The third kappa shape index (κ3) is 1.84. The maximum atomic E-state index is 5.92. The first kappa shape index (κ1) is 9.24. The molecule has 0 spiro atoms. The molecule has 11 heavy (non-hydrogen) atoms. The molecule has 1 aromatic carbocycles. The van der Waals surface area contributed by atoms with Gasteiger partial charge in [0.2, 0.25) is 0 Å². The molecule has 0 atom stereocenters. The molecule has 0 aliphatic rings. The molecule has 0 aromatic heterocycles. The fourth-order valence-electron chi connectivity index (χ4n) is 0.919. The van der Waals surface area contributed by atoms with Crippen LogP contribution in [0.25, 0.3) is 0 Å². The molecule has 1 rings (SSSR count). The largest absolute Gasteiger partial charge is 0.143 e. The zero-order valence-electron chi connectivity index (χ0n) is 6.06. The first-order chi connectivity index (χ1) is 5.16. The standard InChI is InChI=1S/C8H8Cl2S/c1-2-5-7(11)4-3-6(9)8(5)10/h3-4,11H,2H2,1H3. The Bertz CT molecular complexity index is 271. The van der Waals surface area contributed by atoms with E-state index in [0.717, 1.165) is 16.9 Å². The van der Waals surface area contributed by atoms with Crippen molar-refractivity contribution >= 4 is 35.8 Å². The second-order valence-electron chi connectivity index (χ2n) is 2.21. The Hall–Kier alpha value is 0.150. The van der Waals surface area contributed by atoms with Gasteiger partial charge in [0.15, 0.2) is 0 Å². The molecule has 0 radical (unpaired) electrons. The van der Waals surface area contributed by atoms with E-state index in [1.165, 1.54) is 0 Å². The Morgan fingerprint density at radius 1 is 1.36 bits per heavy atom. The van der Waals surface area contributed by atoms with Gasteiger partial charge in [-0.15, -0.1) is 12.6 Å². The van der Waals surface area contributed by atoms with Gasteiger partial charge in [0.1, 0.15) is 0 Å². The van der Waals surface area contributed by atoms with Crippen molar-refractivity contribution in [3.8, 4) is 0 Å². The van der Waals surface area contributed by atoms with Crippen molar-refractivity contribution < 1.29 is 0 Å². The molecule has 60 valence electrons. The van der Waals surface area contributed by atoms with Gasteiger partial charge in [-0.25, -0.2) is 0 Å². The van der Waals surface area contributed by atoms with Crippen LogP contribution in [0.4, 0.5) is 0 Å². The van der Waals surface area contributed by atoms with E-state index >= 15 is 0 Å². The highest BCUT2D eigenvalue weighted by molar-refractivity contribution is 7.80. The second kappa shape index (κ2) is 3.70. The molecule has 0 saturated heterocycles. The number of rotatable bonds is 1. The van der Waals surface area contributed by atoms with Crippen molar-refractivity contribution in [1.29, 1.82) is 0 Å². The van der Waals surface area contributed by atoms with Crippen LogP contribution in [0.2, 0.25) is 10.0 Å². The summed E-state index contributed by atoms with van der Waals surface area (Å²) < 4.78 is 0. The number of benzene rings is 1. The van der Waals surface area contributed by atoms with Crippen molar-refractivity contribution in [2.24, 2.45) is 0 Å². The van der Waals surface area contributed by atoms with Gasteiger partial charge in [-0.1, -0.05) is 30.1 Å². The molecule has 0 saturated carbocycles. The highest BCUT2D eigenvalue weighted by atomic mass is 35.5. The molecule has 0 unspecified atom stereocenters. The average Bonchev–Trinajstić information content (AvgIpc) is 1.99. The van der Waals surface area contributed by atoms with E-state index in [2.05, 4.69) is 12.6 Å². The first-order valence-corrected chi connectivity index (χ1v) is 4.53. The molecular weight excluding hydrogens is 199 g/mol. The van der Waals surface area contributed by atoms with Crippen LogP contribution >= 0.6 is 35.8 Å². The molecule has 0 aliphatic carbocycles. The summed E-state index contributed by atoms with van der Waals surface area (Å²) in [5, 5.41) is 1.22. The predicted molar refractivity (Wildman–Crippen MR) is 53.1 cm³/mol. The van der Waals surface area contributed by atoms with Crippen molar-refractivity contribution in [3.05, 3.63) is 27.7 Å². The lowest BCUT2D eigenvalue weighted by Crippen LogP contribution is -1.85. The highest BCUT2D eigenvalue weighted by Crippen LogP contribution is 2.30. The Morgan fingerprint density at radius 3 is 2.45 bits per heavy atom. The number of thiol groups is 1. The van der Waals surface area contributed by atoms with E-state index in [0.29, 0.717) is 10.0 Å². The number of hydrogen-bond donors (Lipinski definition) is 1.